The van der Waals surface area contributed by atoms with Gasteiger partial charge in [-0.15, -0.1) is 0 Å². The number of rotatable bonds is 3. The summed E-state index contributed by atoms with van der Waals surface area (Å²) in [5, 5.41) is 10.7. The van der Waals surface area contributed by atoms with Crippen molar-refractivity contribution in [3.05, 3.63) is 33.9 Å². The van der Waals surface area contributed by atoms with Gasteiger partial charge >= 0.3 is 5.97 Å². The molecule has 6 nitrogen and oxygen atoms in total. The highest BCUT2D eigenvalue weighted by Gasteiger charge is 2.27. The van der Waals surface area contributed by atoms with Crippen LogP contribution in [0.15, 0.2) is 18.2 Å². The van der Waals surface area contributed by atoms with Gasteiger partial charge in [-0.2, -0.15) is 0 Å². The van der Waals surface area contributed by atoms with E-state index in [1.165, 1.54) is 18.2 Å². The van der Waals surface area contributed by atoms with Gasteiger partial charge in [0.25, 0.3) is 5.69 Å². The predicted octanol–water partition coefficient (Wildman–Crippen LogP) is 3.16. The van der Waals surface area contributed by atoms with Crippen LogP contribution in [0.4, 0.5) is 11.4 Å². The number of esters is 1. The Balaban J connectivity index is 2.08. The van der Waals surface area contributed by atoms with Crippen LogP contribution in [0.3, 0.4) is 0 Å². The van der Waals surface area contributed by atoms with Crippen LogP contribution in [0, 0.1) is 22.0 Å². The van der Waals surface area contributed by atoms with Crippen molar-refractivity contribution < 1.29 is 14.5 Å². The summed E-state index contributed by atoms with van der Waals surface area (Å²) in [5.41, 5.74) is 5.84. The Morgan fingerprint density at radius 2 is 1.90 bits per heavy atom. The molecular weight excluding hydrogens is 272 g/mol. The summed E-state index contributed by atoms with van der Waals surface area (Å²) < 4.78 is 5.51. The number of hydrogen-bond donors (Lipinski definition) is 1. The van der Waals surface area contributed by atoms with Crippen LogP contribution in [0.2, 0.25) is 0 Å². The van der Waals surface area contributed by atoms with Crippen molar-refractivity contribution in [2.75, 3.05) is 5.73 Å². The number of ether oxygens (including phenoxy) is 1. The molecule has 2 unspecified atom stereocenters. The Labute approximate surface area is 123 Å². The summed E-state index contributed by atoms with van der Waals surface area (Å²) in [6, 6.07) is 3.80. The molecule has 0 spiro atoms. The first-order valence-corrected chi connectivity index (χ1v) is 7.11. The van der Waals surface area contributed by atoms with Crippen molar-refractivity contribution in [1.82, 2.24) is 0 Å². The summed E-state index contributed by atoms with van der Waals surface area (Å²) in [4.78, 5) is 22.3. The monoisotopic (exact) mass is 292 g/mol. The Kier molecular flexibility index (Phi) is 4.45. The van der Waals surface area contributed by atoms with Gasteiger partial charge < -0.3 is 10.5 Å². The Morgan fingerprint density at radius 1 is 1.29 bits per heavy atom. The van der Waals surface area contributed by atoms with Crippen molar-refractivity contribution in [1.29, 1.82) is 0 Å². The molecule has 21 heavy (non-hydrogen) atoms. The van der Waals surface area contributed by atoms with Gasteiger partial charge in [0.05, 0.1) is 16.2 Å². The second-order valence-electron chi connectivity index (χ2n) is 5.97. The van der Waals surface area contributed by atoms with Crippen LogP contribution in [0.1, 0.15) is 43.5 Å². The fourth-order valence-electron chi connectivity index (χ4n) is 3.03. The summed E-state index contributed by atoms with van der Waals surface area (Å²) in [7, 11) is 0. The van der Waals surface area contributed by atoms with Gasteiger partial charge in [-0.05, 0) is 37.2 Å². The molecule has 1 saturated carbocycles. The molecule has 2 atom stereocenters. The number of nitrogen functional groups attached to an aromatic ring is 1. The molecule has 0 saturated heterocycles. The van der Waals surface area contributed by atoms with Crippen LogP contribution in [0.5, 0.6) is 0 Å². The zero-order valence-electron chi connectivity index (χ0n) is 12.2. The number of nitrogens with zero attached hydrogens (tertiary/aromatic N) is 1. The summed E-state index contributed by atoms with van der Waals surface area (Å²) in [5.74, 6) is 0.551. The van der Waals surface area contributed by atoms with Crippen molar-refractivity contribution in [3.63, 3.8) is 0 Å². The number of anilines is 1. The third-order valence-electron chi connectivity index (χ3n) is 3.87. The van der Waals surface area contributed by atoms with E-state index in [-0.39, 0.29) is 23.0 Å². The highest BCUT2D eigenvalue weighted by Crippen LogP contribution is 2.31. The Morgan fingerprint density at radius 3 is 2.43 bits per heavy atom. The van der Waals surface area contributed by atoms with Crippen LogP contribution in [0.25, 0.3) is 0 Å². The van der Waals surface area contributed by atoms with E-state index in [9.17, 15) is 14.9 Å². The third kappa shape index (κ3) is 3.71. The molecule has 1 aliphatic carbocycles. The lowest BCUT2D eigenvalue weighted by Crippen LogP contribution is -2.28. The molecular formula is C15H20N2O4. The number of hydrogen-bond acceptors (Lipinski definition) is 5. The number of benzene rings is 1. The lowest BCUT2D eigenvalue weighted by atomic mass is 9.82. The number of nitro groups is 1. The quantitative estimate of drug-likeness (QED) is 0.399. The van der Waals surface area contributed by atoms with E-state index in [0.29, 0.717) is 11.8 Å². The van der Waals surface area contributed by atoms with Gasteiger partial charge in [0, 0.05) is 12.1 Å². The number of nitro benzene ring substituents is 1. The highest BCUT2D eigenvalue weighted by molar-refractivity contribution is 5.95. The van der Waals surface area contributed by atoms with Gasteiger partial charge in [-0.25, -0.2) is 4.79 Å². The number of carbonyl (C=O) groups is 1. The first kappa shape index (κ1) is 15.3. The third-order valence-corrected chi connectivity index (χ3v) is 3.87. The lowest BCUT2D eigenvalue weighted by molar-refractivity contribution is -0.384. The van der Waals surface area contributed by atoms with Crippen molar-refractivity contribution in [2.24, 2.45) is 11.8 Å². The van der Waals surface area contributed by atoms with E-state index in [1.807, 2.05) is 0 Å². The van der Waals surface area contributed by atoms with Crippen molar-refractivity contribution >= 4 is 17.3 Å². The molecule has 1 aromatic carbocycles. The summed E-state index contributed by atoms with van der Waals surface area (Å²) in [6.07, 6.45) is 2.74. The second kappa shape index (κ2) is 6.11. The van der Waals surface area contributed by atoms with Gasteiger partial charge in [0.1, 0.15) is 6.10 Å². The molecule has 6 heteroatoms. The smallest absolute Gasteiger partial charge is 0.340 e. The maximum absolute atomic E-state index is 12.2. The topological polar surface area (TPSA) is 95.5 Å². The molecule has 2 rings (SSSR count). The molecule has 2 N–H and O–H groups in total. The van der Waals surface area contributed by atoms with Gasteiger partial charge in [0.15, 0.2) is 0 Å². The largest absolute Gasteiger partial charge is 0.459 e. The van der Waals surface area contributed by atoms with Crippen LogP contribution in [-0.4, -0.2) is 17.0 Å². The van der Waals surface area contributed by atoms with Gasteiger partial charge in [-0.3, -0.25) is 10.1 Å². The maximum Gasteiger partial charge on any atom is 0.340 e. The lowest BCUT2D eigenvalue weighted by Gasteiger charge is -2.31. The molecule has 1 aliphatic rings. The van der Waals surface area contributed by atoms with Crippen LogP contribution >= 0.6 is 0 Å². The zero-order valence-corrected chi connectivity index (χ0v) is 12.2. The minimum absolute atomic E-state index is 0.0751. The fourth-order valence-corrected chi connectivity index (χ4v) is 3.03. The normalized spacial score (nSPS) is 25.3. The number of nitrogens with two attached hydrogens (primary N) is 1. The Hall–Kier alpha value is -2.11. The average molecular weight is 292 g/mol. The van der Waals surface area contributed by atoms with Crippen molar-refractivity contribution in [3.8, 4) is 0 Å². The molecule has 0 aromatic heterocycles. The molecule has 0 amide bonds. The van der Waals surface area contributed by atoms with E-state index in [1.54, 1.807) is 0 Å². The zero-order chi connectivity index (χ0) is 15.6. The van der Waals surface area contributed by atoms with Crippen LogP contribution in [-0.2, 0) is 4.74 Å². The number of non-ortho nitro benzene ring substituents is 1. The molecule has 1 aromatic rings. The summed E-state index contributed by atoms with van der Waals surface area (Å²) >= 11 is 0. The first-order chi connectivity index (χ1) is 9.86. The molecule has 0 radical (unpaired) electrons. The standard InChI is InChI=1S/C15H20N2O4/c1-9-5-10(2)7-12(6-9)21-15(18)13-4-3-11(17(19)20)8-14(13)16/h3-4,8-10,12H,5-7,16H2,1-2H3. The molecule has 0 heterocycles. The SMILES string of the molecule is CC1CC(C)CC(OC(=O)c2ccc([N+](=O)[O-])cc2N)C1. The maximum atomic E-state index is 12.2. The minimum atomic E-state index is -0.546. The fraction of sp³-hybridized carbons (Fsp3) is 0.533. The Bertz CT molecular complexity index is 549. The van der Waals surface area contributed by atoms with E-state index in [0.717, 1.165) is 19.3 Å². The molecule has 1 fully saturated rings. The van der Waals surface area contributed by atoms with Crippen molar-refractivity contribution in [2.45, 2.75) is 39.2 Å². The highest BCUT2D eigenvalue weighted by atomic mass is 16.6. The first-order valence-electron chi connectivity index (χ1n) is 7.11. The molecule has 0 aliphatic heterocycles. The number of carbonyl (C=O) groups excluding carboxylic acids is 1. The summed E-state index contributed by atoms with van der Waals surface area (Å²) in [6.45, 7) is 4.30. The minimum Gasteiger partial charge on any atom is -0.459 e. The van der Waals surface area contributed by atoms with Crippen LogP contribution < -0.4 is 5.73 Å². The van der Waals surface area contributed by atoms with Gasteiger partial charge in [0.2, 0.25) is 0 Å². The van der Waals surface area contributed by atoms with E-state index in [4.69, 9.17) is 10.5 Å². The van der Waals surface area contributed by atoms with E-state index in [2.05, 4.69) is 13.8 Å². The second-order valence-corrected chi connectivity index (χ2v) is 5.97. The molecule has 0 bridgehead atoms. The predicted molar refractivity (Wildman–Crippen MR) is 78.9 cm³/mol. The molecule has 114 valence electrons. The van der Waals surface area contributed by atoms with Gasteiger partial charge in [-0.1, -0.05) is 13.8 Å². The van der Waals surface area contributed by atoms with E-state index >= 15 is 0 Å². The average Bonchev–Trinajstić information content (AvgIpc) is 2.36. The van der Waals surface area contributed by atoms with E-state index < -0.39 is 10.9 Å².